The molecule has 0 saturated heterocycles. The summed E-state index contributed by atoms with van der Waals surface area (Å²) in [6.07, 6.45) is 2.54. The van der Waals surface area contributed by atoms with E-state index in [0.717, 1.165) is 36.1 Å². The quantitative estimate of drug-likeness (QED) is 0.745. The lowest BCUT2D eigenvalue weighted by molar-refractivity contribution is 0.196. The van der Waals surface area contributed by atoms with Crippen LogP contribution < -0.4 is 0 Å². The molecular formula is C15H24O2S. The number of hydrogen-bond acceptors (Lipinski definition) is 3. The van der Waals surface area contributed by atoms with E-state index in [2.05, 4.69) is 6.92 Å². The van der Waals surface area contributed by atoms with E-state index in [1.165, 1.54) is 0 Å². The van der Waals surface area contributed by atoms with Gasteiger partial charge in [-0.2, -0.15) is 11.8 Å². The molecule has 102 valence electrons. The first-order chi connectivity index (χ1) is 8.56. The normalized spacial score (nSPS) is 14.4. The summed E-state index contributed by atoms with van der Waals surface area (Å²) in [6.45, 7) is 5.93. The number of aliphatic hydroxyl groups excluding tert-OH is 1. The summed E-state index contributed by atoms with van der Waals surface area (Å²) >= 11 is 1.79. The van der Waals surface area contributed by atoms with Crippen LogP contribution in [0.15, 0.2) is 18.2 Å². The Morgan fingerprint density at radius 1 is 1.22 bits per heavy atom. The Hall–Kier alpha value is -0.670. The van der Waals surface area contributed by atoms with E-state index in [-0.39, 0.29) is 11.4 Å². The van der Waals surface area contributed by atoms with Gasteiger partial charge in [-0.3, -0.25) is 0 Å². The summed E-state index contributed by atoms with van der Waals surface area (Å²) in [5.41, 5.74) is 2.07. The van der Waals surface area contributed by atoms with Crippen LogP contribution in [0.25, 0.3) is 0 Å². The molecule has 0 amide bonds. The van der Waals surface area contributed by atoms with Gasteiger partial charge in [0.05, 0.1) is 6.10 Å². The molecule has 1 aromatic carbocycles. The third-order valence-corrected chi connectivity index (χ3v) is 4.68. The molecular weight excluding hydrogens is 244 g/mol. The number of aryl methyl sites for hydroxylation is 2. The molecule has 0 bridgehead atoms. The predicted octanol–water partition coefficient (Wildman–Crippen LogP) is 3.39. The largest absolute Gasteiger partial charge is 0.507 e. The van der Waals surface area contributed by atoms with Gasteiger partial charge in [-0.15, -0.1) is 0 Å². The van der Waals surface area contributed by atoms with Crippen LogP contribution in [0.3, 0.4) is 0 Å². The Labute approximate surface area is 114 Å². The molecule has 0 aliphatic rings. The van der Waals surface area contributed by atoms with Gasteiger partial charge in [0.25, 0.3) is 0 Å². The van der Waals surface area contributed by atoms with Gasteiger partial charge < -0.3 is 10.2 Å². The maximum Gasteiger partial charge on any atom is 0.121 e. The zero-order valence-corrected chi connectivity index (χ0v) is 12.3. The molecule has 1 aromatic rings. The molecule has 0 aliphatic carbocycles. The van der Waals surface area contributed by atoms with Crippen molar-refractivity contribution >= 4 is 11.8 Å². The Bertz CT molecular complexity index is 364. The van der Waals surface area contributed by atoms with Crippen molar-refractivity contribution in [3.05, 3.63) is 29.3 Å². The summed E-state index contributed by atoms with van der Waals surface area (Å²) in [5.74, 6) is 1.48. The minimum absolute atomic E-state index is 0.258. The van der Waals surface area contributed by atoms with E-state index in [0.29, 0.717) is 5.75 Å². The maximum atomic E-state index is 10.0. The third kappa shape index (κ3) is 4.54. The lowest BCUT2D eigenvalue weighted by Gasteiger charge is -2.14. The summed E-state index contributed by atoms with van der Waals surface area (Å²) in [7, 11) is 0. The number of hydrogen-bond donors (Lipinski definition) is 2. The molecule has 0 heterocycles. The van der Waals surface area contributed by atoms with Gasteiger partial charge in [-0.1, -0.05) is 32.0 Å². The van der Waals surface area contributed by atoms with Crippen LogP contribution in [-0.4, -0.2) is 27.3 Å². The highest BCUT2D eigenvalue weighted by Crippen LogP contribution is 2.25. The van der Waals surface area contributed by atoms with Crippen molar-refractivity contribution < 1.29 is 10.2 Å². The Morgan fingerprint density at radius 2 is 1.89 bits per heavy atom. The molecule has 1 rings (SSSR count). The number of phenols is 1. The molecule has 2 N–H and O–H groups in total. The van der Waals surface area contributed by atoms with Crippen LogP contribution >= 0.6 is 11.8 Å². The first-order valence-corrected chi connectivity index (χ1v) is 7.70. The van der Waals surface area contributed by atoms with Gasteiger partial charge >= 0.3 is 0 Å². The van der Waals surface area contributed by atoms with Crippen LogP contribution in [0.2, 0.25) is 0 Å². The molecule has 0 fully saturated rings. The third-order valence-electron chi connectivity index (χ3n) is 3.23. The van der Waals surface area contributed by atoms with Crippen molar-refractivity contribution in [2.24, 2.45) is 0 Å². The second-order valence-electron chi connectivity index (χ2n) is 4.70. The highest BCUT2D eigenvalue weighted by Gasteiger charge is 2.09. The molecule has 2 unspecified atom stereocenters. The minimum Gasteiger partial charge on any atom is -0.507 e. The van der Waals surface area contributed by atoms with Crippen LogP contribution in [0, 0.1) is 0 Å². The van der Waals surface area contributed by atoms with Crippen molar-refractivity contribution in [2.45, 2.75) is 51.4 Å². The van der Waals surface area contributed by atoms with Crippen molar-refractivity contribution in [3.8, 4) is 5.75 Å². The first kappa shape index (κ1) is 15.4. The van der Waals surface area contributed by atoms with Gasteiger partial charge in [-0.05, 0) is 43.1 Å². The molecule has 0 aromatic heterocycles. The molecule has 18 heavy (non-hydrogen) atoms. The minimum atomic E-state index is -0.258. The zero-order chi connectivity index (χ0) is 13.5. The number of rotatable bonds is 7. The Balaban J connectivity index is 2.40. The number of thioether (sulfide) groups is 1. The lowest BCUT2D eigenvalue weighted by atomic mass is 10.0. The molecule has 0 radical (unpaired) electrons. The lowest BCUT2D eigenvalue weighted by Crippen LogP contribution is -2.15. The molecule has 0 saturated carbocycles. The van der Waals surface area contributed by atoms with Crippen LogP contribution in [0.5, 0.6) is 5.75 Å². The average molecular weight is 268 g/mol. The fraction of sp³-hybridized carbons (Fsp3) is 0.600. The van der Waals surface area contributed by atoms with E-state index in [4.69, 9.17) is 0 Å². The zero-order valence-electron chi connectivity index (χ0n) is 11.5. The van der Waals surface area contributed by atoms with E-state index in [1.54, 1.807) is 11.8 Å². The van der Waals surface area contributed by atoms with Gasteiger partial charge in [0.1, 0.15) is 5.75 Å². The smallest absolute Gasteiger partial charge is 0.121 e. The number of para-hydroxylation sites is 1. The van der Waals surface area contributed by atoms with Gasteiger partial charge in [-0.25, -0.2) is 0 Å². The number of aliphatic hydroxyl groups is 1. The van der Waals surface area contributed by atoms with Crippen molar-refractivity contribution in [1.29, 1.82) is 0 Å². The standard InChI is InChI=1S/C15H24O2S/c1-4-13-7-5-8-14(15(13)17)9-6-10-18-12(3)11(2)16/h5,7-8,11-12,16-17H,4,6,9-10H2,1-3H3. The van der Waals surface area contributed by atoms with Crippen molar-refractivity contribution in [3.63, 3.8) is 0 Å². The summed E-state index contributed by atoms with van der Waals surface area (Å²) in [4.78, 5) is 0. The van der Waals surface area contributed by atoms with Gasteiger partial charge in [0.15, 0.2) is 0 Å². The van der Waals surface area contributed by atoms with E-state index in [1.807, 2.05) is 32.0 Å². The first-order valence-electron chi connectivity index (χ1n) is 6.65. The predicted molar refractivity (Wildman–Crippen MR) is 79.4 cm³/mol. The second kappa shape index (κ2) is 7.70. The summed E-state index contributed by atoms with van der Waals surface area (Å²) < 4.78 is 0. The topological polar surface area (TPSA) is 40.5 Å². The van der Waals surface area contributed by atoms with Crippen molar-refractivity contribution in [2.75, 3.05) is 5.75 Å². The second-order valence-corrected chi connectivity index (χ2v) is 6.18. The maximum absolute atomic E-state index is 10.0. The van der Waals surface area contributed by atoms with E-state index >= 15 is 0 Å². The van der Waals surface area contributed by atoms with Gasteiger partial charge in [0, 0.05) is 5.25 Å². The summed E-state index contributed by atoms with van der Waals surface area (Å²) in [6, 6.07) is 5.99. The fourth-order valence-corrected chi connectivity index (χ4v) is 2.76. The highest BCUT2D eigenvalue weighted by molar-refractivity contribution is 7.99. The van der Waals surface area contributed by atoms with Crippen LogP contribution in [0.1, 0.15) is 38.3 Å². The summed E-state index contributed by atoms with van der Waals surface area (Å²) in [5, 5.41) is 19.7. The Kier molecular flexibility index (Phi) is 6.58. The van der Waals surface area contributed by atoms with Crippen LogP contribution in [0.4, 0.5) is 0 Å². The molecule has 2 nitrogen and oxygen atoms in total. The fourth-order valence-electron chi connectivity index (χ4n) is 1.80. The van der Waals surface area contributed by atoms with E-state index in [9.17, 15) is 10.2 Å². The highest BCUT2D eigenvalue weighted by atomic mass is 32.2. The molecule has 2 atom stereocenters. The molecule has 3 heteroatoms. The number of aromatic hydroxyl groups is 1. The molecule has 0 spiro atoms. The Morgan fingerprint density at radius 3 is 2.50 bits per heavy atom. The number of benzene rings is 1. The van der Waals surface area contributed by atoms with E-state index < -0.39 is 0 Å². The van der Waals surface area contributed by atoms with Crippen molar-refractivity contribution in [1.82, 2.24) is 0 Å². The number of phenolic OH excluding ortho intramolecular Hbond substituents is 1. The average Bonchev–Trinajstić information content (AvgIpc) is 2.35. The molecule has 0 aliphatic heterocycles. The van der Waals surface area contributed by atoms with Crippen LogP contribution in [-0.2, 0) is 12.8 Å². The SMILES string of the molecule is CCc1cccc(CCCSC(C)C(C)O)c1O. The monoisotopic (exact) mass is 268 g/mol. The van der Waals surface area contributed by atoms with Gasteiger partial charge in [0.2, 0.25) is 0 Å².